The van der Waals surface area contributed by atoms with Crippen molar-refractivity contribution in [3.05, 3.63) is 94.6 Å². The lowest BCUT2D eigenvalue weighted by molar-refractivity contribution is 0.0954. The fraction of sp³-hybridized carbons (Fsp3) is 0.120. The summed E-state index contributed by atoms with van der Waals surface area (Å²) >= 11 is 3.47. The Morgan fingerprint density at radius 1 is 1.06 bits per heavy atom. The topological polar surface area (TPSA) is 64.4 Å². The van der Waals surface area contributed by atoms with Gasteiger partial charge in [0, 0.05) is 22.1 Å². The van der Waals surface area contributed by atoms with Gasteiger partial charge in [-0.15, -0.1) is 0 Å². The number of amides is 1. The molecule has 0 radical (unpaired) electrons. The van der Waals surface area contributed by atoms with Crippen molar-refractivity contribution in [3.63, 3.8) is 0 Å². The summed E-state index contributed by atoms with van der Waals surface area (Å²) < 4.78 is 12.1. The van der Waals surface area contributed by atoms with Crippen LogP contribution < -0.4 is 10.1 Å². The van der Waals surface area contributed by atoms with Crippen LogP contribution in [0.4, 0.5) is 0 Å². The maximum absolute atomic E-state index is 12.8. The number of oxazole rings is 1. The van der Waals surface area contributed by atoms with Crippen molar-refractivity contribution in [3.8, 4) is 28.5 Å². The molecule has 5 nitrogen and oxygen atoms in total. The molecule has 4 rings (SSSR count). The zero-order valence-electron chi connectivity index (χ0n) is 17.0. The minimum absolute atomic E-state index is 0.161. The Kier molecular flexibility index (Phi) is 6.48. The molecule has 1 amide bonds. The normalized spacial score (nSPS) is 10.6. The van der Waals surface area contributed by atoms with Crippen LogP contribution in [0.3, 0.4) is 0 Å². The number of ether oxygens (including phenoxy) is 1. The Hall–Kier alpha value is -3.38. The van der Waals surface area contributed by atoms with Crippen molar-refractivity contribution in [2.24, 2.45) is 0 Å². The molecule has 4 aromatic rings. The van der Waals surface area contributed by atoms with E-state index in [0.29, 0.717) is 29.3 Å². The zero-order chi connectivity index (χ0) is 21.6. The molecule has 0 saturated heterocycles. The Morgan fingerprint density at radius 3 is 2.65 bits per heavy atom. The van der Waals surface area contributed by atoms with Crippen LogP contribution in [0.15, 0.2) is 87.9 Å². The van der Waals surface area contributed by atoms with Gasteiger partial charge in [0.25, 0.3) is 5.91 Å². The predicted molar refractivity (Wildman–Crippen MR) is 124 cm³/mol. The van der Waals surface area contributed by atoms with Gasteiger partial charge in [-0.1, -0.05) is 52.3 Å². The third-order valence-electron chi connectivity index (χ3n) is 4.88. The number of hydrogen-bond acceptors (Lipinski definition) is 4. The molecule has 156 valence electrons. The molecular weight excluding hydrogens is 456 g/mol. The van der Waals surface area contributed by atoms with Gasteiger partial charge in [-0.2, -0.15) is 0 Å². The van der Waals surface area contributed by atoms with E-state index in [0.717, 1.165) is 27.8 Å². The summed E-state index contributed by atoms with van der Waals surface area (Å²) in [6.45, 7) is 0.522. The van der Waals surface area contributed by atoms with Crippen LogP contribution in [-0.4, -0.2) is 24.5 Å². The van der Waals surface area contributed by atoms with Gasteiger partial charge < -0.3 is 14.5 Å². The molecule has 1 N–H and O–H groups in total. The molecule has 0 saturated carbocycles. The molecule has 3 aromatic carbocycles. The first kappa shape index (κ1) is 20.9. The van der Waals surface area contributed by atoms with E-state index in [1.165, 1.54) is 0 Å². The second kappa shape index (κ2) is 9.62. The van der Waals surface area contributed by atoms with Crippen molar-refractivity contribution in [1.82, 2.24) is 10.3 Å². The van der Waals surface area contributed by atoms with Gasteiger partial charge in [0.15, 0.2) is 5.76 Å². The first-order chi connectivity index (χ1) is 15.1. The molecule has 0 atom stereocenters. The van der Waals surface area contributed by atoms with Crippen LogP contribution in [-0.2, 0) is 6.42 Å². The summed E-state index contributed by atoms with van der Waals surface area (Å²) in [6, 6.07) is 22.9. The van der Waals surface area contributed by atoms with E-state index in [1.807, 2.05) is 66.7 Å². The molecule has 6 heteroatoms. The summed E-state index contributed by atoms with van der Waals surface area (Å²) in [7, 11) is 1.64. The Bertz CT molecular complexity index is 1190. The minimum atomic E-state index is -0.161. The quantitative estimate of drug-likeness (QED) is 0.368. The van der Waals surface area contributed by atoms with Crippen molar-refractivity contribution >= 4 is 21.8 Å². The van der Waals surface area contributed by atoms with E-state index in [2.05, 4.69) is 26.2 Å². The number of carbonyl (C=O) groups excluding carboxylic acids is 1. The number of methoxy groups -OCH3 is 1. The largest absolute Gasteiger partial charge is 0.497 e. The van der Waals surface area contributed by atoms with E-state index < -0.39 is 0 Å². The van der Waals surface area contributed by atoms with Gasteiger partial charge >= 0.3 is 0 Å². The molecular formula is C25H21BrN2O3. The van der Waals surface area contributed by atoms with Crippen LogP contribution in [0.2, 0.25) is 0 Å². The number of nitrogens with one attached hydrogen (secondary N) is 1. The highest BCUT2D eigenvalue weighted by Gasteiger charge is 2.16. The number of aromatic nitrogens is 1. The van der Waals surface area contributed by atoms with Crippen LogP contribution in [0.25, 0.3) is 22.8 Å². The molecule has 0 spiro atoms. The third kappa shape index (κ3) is 5.03. The van der Waals surface area contributed by atoms with Crippen molar-refractivity contribution < 1.29 is 13.9 Å². The van der Waals surface area contributed by atoms with Gasteiger partial charge in [0.1, 0.15) is 5.75 Å². The molecule has 0 bridgehead atoms. The summed E-state index contributed by atoms with van der Waals surface area (Å²) in [5, 5.41) is 2.99. The van der Waals surface area contributed by atoms with Gasteiger partial charge in [0.2, 0.25) is 5.89 Å². The summed E-state index contributed by atoms with van der Waals surface area (Å²) in [5.74, 6) is 1.71. The standard InChI is InChI=1S/C25H21BrN2O3/c1-30-20-11-9-17(10-12-20)13-14-27-24(29)21-7-2-3-8-22(21)25-28-16-23(31-25)18-5-4-6-19(26)15-18/h2-12,15-16H,13-14H2,1H3,(H,27,29). The van der Waals surface area contributed by atoms with Gasteiger partial charge in [-0.25, -0.2) is 4.98 Å². The molecule has 0 unspecified atom stereocenters. The van der Waals surface area contributed by atoms with Crippen molar-refractivity contribution in [1.29, 1.82) is 0 Å². The van der Waals surface area contributed by atoms with Crippen molar-refractivity contribution in [2.45, 2.75) is 6.42 Å². The molecule has 0 aliphatic heterocycles. The lowest BCUT2D eigenvalue weighted by Crippen LogP contribution is -2.26. The summed E-state index contributed by atoms with van der Waals surface area (Å²) in [6.07, 6.45) is 2.40. The Morgan fingerprint density at radius 2 is 1.87 bits per heavy atom. The molecule has 0 fully saturated rings. The van der Waals surface area contributed by atoms with E-state index in [4.69, 9.17) is 9.15 Å². The van der Waals surface area contributed by atoms with Crippen LogP contribution in [0.5, 0.6) is 5.75 Å². The second-order valence-corrected chi connectivity index (χ2v) is 7.86. The number of benzene rings is 3. The molecule has 1 aromatic heterocycles. The SMILES string of the molecule is COc1ccc(CCNC(=O)c2ccccc2-c2ncc(-c3cccc(Br)c3)o2)cc1. The summed E-state index contributed by atoms with van der Waals surface area (Å²) in [4.78, 5) is 17.3. The highest BCUT2D eigenvalue weighted by Crippen LogP contribution is 2.29. The van der Waals surface area contributed by atoms with E-state index in [-0.39, 0.29) is 5.91 Å². The average Bonchev–Trinajstić information content (AvgIpc) is 3.30. The molecule has 31 heavy (non-hydrogen) atoms. The maximum atomic E-state index is 12.8. The monoisotopic (exact) mass is 476 g/mol. The van der Waals surface area contributed by atoms with Gasteiger partial charge in [0.05, 0.1) is 18.9 Å². The van der Waals surface area contributed by atoms with Crippen LogP contribution in [0.1, 0.15) is 15.9 Å². The lowest BCUT2D eigenvalue weighted by atomic mass is 10.1. The molecule has 0 aliphatic rings. The van der Waals surface area contributed by atoms with Crippen LogP contribution >= 0.6 is 15.9 Å². The van der Waals surface area contributed by atoms with Crippen LogP contribution in [0, 0.1) is 0 Å². The number of halogens is 1. The Labute approximate surface area is 189 Å². The average molecular weight is 477 g/mol. The number of hydrogen-bond donors (Lipinski definition) is 1. The minimum Gasteiger partial charge on any atom is -0.497 e. The van der Waals surface area contributed by atoms with Gasteiger partial charge in [-0.3, -0.25) is 4.79 Å². The number of carbonyl (C=O) groups is 1. The smallest absolute Gasteiger partial charge is 0.252 e. The first-order valence-electron chi connectivity index (χ1n) is 9.86. The second-order valence-electron chi connectivity index (χ2n) is 6.94. The van der Waals surface area contributed by atoms with E-state index in [9.17, 15) is 4.79 Å². The highest BCUT2D eigenvalue weighted by atomic mass is 79.9. The summed E-state index contributed by atoms with van der Waals surface area (Å²) in [5.41, 5.74) is 3.22. The Balaban J connectivity index is 1.47. The maximum Gasteiger partial charge on any atom is 0.252 e. The lowest BCUT2D eigenvalue weighted by Gasteiger charge is -2.09. The fourth-order valence-electron chi connectivity index (χ4n) is 3.25. The van der Waals surface area contributed by atoms with E-state index >= 15 is 0 Å². The zero-order valence-corrected chi connectivity index (χ0v) is 18.6. The van der Waals surface area contributed by atoms with E-state index in [1.54, 1.807) is 19.4 Å². The molecule has 1 heterocycles. The molecule has 0 aliphatic carbocycles. The third-order valence-corrected chi connectivity index (χ3v) is 5.37. The fourth-order valence-corrected chi connectivity index (χ4v) is 3.65. The number of rotatable bonds is 7. The van der Waals surface area contributed by atoms with Crippen molar-refractivity contribution in [2.75, 3.05) is 13.7 Å². The number of nitrogens with zero attached hydrogens (tertiary/aromatic N) is 1. The van der Waals surface area contributed by atoms with Gasteiger partial charge in [-0.05, 0) is 48.4 Å². The highest BCUT2D eigenvalue weighted by molar-refractivity contribution is 9.10. The first-order valence-corrected chi connectivity index (χ1v) is 10.7. The predicted octanol–water partition coefficient (Wildman–Crippen LogP) is 5.75.